The van der Waals surface area contributed by atoms with Gasteiger partial charge in [0.1, 0.15) is 0 Å². The number of rotatable bonds is 6. The molecule has 9 heteroatoms. The number of anilines is 1. The lowest BCUT2D eigenvalue weighted by molar-refractivity contribution is 0.288. The van der Waals surface area contributed by atoms with E-state index >= 15 is 0 Å². The van der Waals surface area contributed by atoms with Crippen LogP contribution in [-0.4, -0.2) is 53.6 Å². The molecule has 2 N–H and O–H groups in total. The number of nitrogens with two attached hydrogens (primary N) is 1. The predicted octanol–water partition coefficient (Wildman–Crippen LogP) is 2.58. The van der Waals surface area contributed by atoms with Crippen molar-refractivity contribution in [3.8, 4) is 5.88 Å². The first-order valence-electron chi connectivity index (χ1n) is 9.05. The van der Waals surface area contributed by atoms with E-state index in [1.807, 2.05) is 23.7 Å². The van der Waals surface area contributed by atoms with Gasteiger partial charge in [-0.2, -0.15) is 0 Å². The second-order valence-electron chi connectivity index (χ2n) is 6.72. The smallest absolute Gasteiger partial charge is 0.213 e. The number of hydrogen-bond donors (Lipinski definition) is 1. The fourth-order valence-corrected chi connectivity index (χ4v) is 3.58. The van der Waals surface area contributed by atoms with E-state index in [4.69, 9.17) is 10.5 Å². The number of hydrogen-bond acceptors (Lipinski definition) is 6. The molecule has 1 aliphatic heterocycles. The van der Waals surface area contributed by atoms with Crippen LogP contribution in [0.1, 0.15) is 18.4 Å². The summed E-state index contributed by atoms with van der Waals surface area (Å²) in [7, 11) is 0. The summed E-state index contributed by atoms with van der Waals surface area (Å²) in [6, 6.07) is 3.92. The van der Waals surface area contributed by atoms with Crippen LogP contribution in [-0.2, 0) is 6.54 Å². The van der Waals surface area contributed by atoms with Gasteiger partial charge in [0.2, 0.25) is 5.88 Å². The van der Waals surface area contributed by atoms with Gasteiger partial charge in [-0.25, -0.2) is 15.0 Å². The van der Waals surface area contributed by atoms with Crippen molar-refractivity contribution in [2.75, 3.05) is 37.7 Å². The van der Waals surface area contributed by atoms with E-state index in [0.717, 1.165) is 49.4 Å². The van der Waals surface area contributed by atoms with Gasteiger partial charge >= 0.3 is 0 Å². The van der Waals surface area contributed by atoms with E-state index in [-0.39, 0.29) is 24.0 Å². The third-order valence-corrected chi connectivity index (χ3v) is 5.51. The molecule has 4 rings (SSSR count). The molecule has 2 fully saturated rings. The van der Waals surface area contributed by atoms with E-state index in [1.54, 1.807) is 17.5 Å². The van der Waals surface area contributed by atoms with E-state index in [9.17, 15) is 0 Å². The van der Waals surface area contributed by atoms with Gasteiger partial charge in [-0.15, -0.1) is 35.3 Å². The molecule has 3 heterocycles. The van der Waals surface area contributed by atoms with Gasteiger partial charge in [-0.3, -0.25) is 0 Å². The third kappa shape index (κ3) is 5.68. The lowest BCUT2D eigenvalue weighted by Crippen LogP contribution is -2.51. The number of nitrogens with zero attached hydrogens (tertiary/aromatic N) is 5. The summed E-state index contributed by atoms with van der Waals surface area (Å²) in [4.78, 5) is 17.6. The molecule has 1 aliphatic carbocycles. The quantitative estimate of drug-likeness (QED) is 0.373. The molecule has 0 bridgehead atoms. The van der Waals surface area contributed by atoms with Gasteiger partial charge in [0.05, 0.1) is 13.2 Å². The van der Waals surface area contributed by atoms with Gasteiger partial charge in [-0.05, 0) is 30.4 Å². The Hall–Kier alpha value is -1.62. The lowest BCUT2D eigenvalue weighted by Gasteiger charge is -2.35. The molecule has 0 atom stereocenters. The van der Waals surface area contributed by atoms with Crippen molar-refractivity contribution in [1.82, 2.24) is 14.9 Å². The number of aliphatic imine (C=N–C) groups is 1. The maximum Gasteiger partial charge on any atom is 0.213 e. The second-order valence-corrected chi connectivity index (χ2v) is 7.59. The SMILES string of the molecule is I.NC(=NCc1ccnc(OCC2CC2)c1)N1CCN(c2nccs2)CC1. The maximum atomic E-state index is 6.20. The summed E-state index contributed by atoms with van der Waals surface area (Å²) >= 11 is 1.67. The number of thiazole rings is 1. The Morgan fingerprint density at radius 2 is 2.04 bits per heavy atom. The zero-order valence-electron chi connectivity index (χ0n) is 15.2. The van der Waals surface area contributed by atoms with Gasteiger partial charge in [0.25, 0.3) is 0 Å². The van der Waals surface area contributed by atoms with Crippen molar-refractivity contribution < 1.29 is 4.74 Å². The van der Waals surface area contributed by atoms with E-state index in [1.165, 1.54) is 12.8 Å². The maximum absolute atomic E-state index is 6.20. The number of pyridine rings is 1. The highest BCUT2D eigenvalue weighted by atomic mass is 127. The van der Waals surface area contributed by atoms with Gasteiger partial charge < -0.3 is 20.3 Å². The lowest BCUT2D eigenvalue weighted by atomic mass is 10.2. The average molecular weight is 500 g/mol. The minimum Gasteiger partial charge on any atom is -0.477 e. The normalized spacial score (nSPS) is 17.6. The summed E-state index contributed by atoms with van der Waals surface area (Å²) in [6.45, 7) is 4.87. The standard InChI is InChI=1S/C18H24N6OS.HI/c19-17(23-6-8-24(9-7-23)18-21-5-10-26-18)22-12-15-3-4-20-16(11-15)25-13-14-1-2-14;/h3-5,10-11,14H,1-2,6-9,12-13H2,(H2,19,22);1H. The van der Waals surface area contributed by atoms with Gasteiger partial charge in [-0.1, -0.05) is 0 Å². The van der Waals surface area contributed by atoms with Crippen LogP contribution in [0.4, 0.5) is 5.13 Å². The molecule has 2 aliphatic rings. The third-order valence-electron chi connectivity index (χ3n) is 4.68. The van der Waals surface area contributed by atoms with E-state index in [0.29, 0.717) is 18.4 Å². The summed E-state index contributed by atoms with van der Waals surface area (Å²) < 4.78 is 5.73. The van der Waals surface area contributed by atoms with Crippen LogP contribution in [0, 0.1) is 5.92 Å². The molecule has 0 aromatic carbocycles. The minimum absolute atomic E-state index is 0. The van der Waals surface area contributed by atoms with Crippen molar-refractivity contribution in [3.05, 3.63) is 35.5 Å². The van der Waals surface area contributed by atoms with E-state index < -0.39 is 0 Å². The highest BCUT2D eigenvalue weighted by Gasteiger charge is 2.22. The Morgan fingerprint density at radius 1 is 1.22 bits per heavy atom. The fourth-order valence-electron chi connectivity index (χ4n) is 2.89. The van der Waals surface area contributed by atoms with Crippen molar-refractivity contribution in [2.45, 2.75) is 19.4 Å². The van der Waals surface area contributed by atoms with Crippen LogP contribution in [0.25, 0.3) is 0 Å². The molecule has 0 amide bonds. The molecule has 0 spiro atoms. The number of aromatic nitrogens is 2. The molecular weight excluding hydrogens is 475 g/mol. The molecule has 0 radical (unpaired) electrons. The molecule has 2 aromatic heterocycles. The molecule has 7 nitrogen and oxygen atoms in total. The molecule has 146 valence electrons. The molecule has 2 aromatic rings. The first-order chi connectivity index (χ1) is 12.8. The van der Waals surface area contributed by atoms with Crippen LogP contribution >= 0.6 is 35.3 Å². The van der Waals surface area contributed by atoms with Crippen LogP contribution in [0.2, 0.25) is 0 Å². The van der Waals surface area contributed by atoms with Crippen LogP contribution < -0.4 is 15.4 Å². The average Bonchev–Trinajstić information content (AvgIpc) is 3.36. The summed E-state index contributed by atoms with van der Waals surface area (Å²) in [5, 5.41) is 3.09. The number of guanidine groups is 1. The zero-order chi connectivity index (χ0) is 17.8. The van der Waals surface area contributed by atoms with Crippen molar-refractivity contribution in [1.29, 1.82) is 0 Å². The molecular formula is C18H25IN6OS. The first kappa shape index (κ1) is 20.1. The Balaban J connectivity index is 0.00000210. The first-order valence-corrected chi connectivity index (χ1v) is 9.93. The minimum atomic E-state index is 0. The van der Waals surface area contributed by atoms with E-state index in [2.05, 4.69) is 24.8 Å². The monoisotopic (exact) mass is 500 g/mol. The van der Waals surface area contributed by atoms with Crippen molar-refractivity contribution in [3.63, 3.8) is 0 Å². The Morgan fingerprint density at radius 3 is 2.74 bits per heavy atom. The Kier molecular flexibility index (Phi) is 7.11. The number of piperazine rings is 1. The summed E-state index contributed by atoms with van der Waals surface area (Å²) in [6.07, 6.45) is 6.17. The summed E-state index contributed by atoms with van der Waals surface area (Å²) in [5.74, 6) is 2.00. The Labute approximate surface area is 180 Å². The van der Waals surface area contributed by atoms with Crippen molar-refractivity contribution >= 4 is 46.4 Å². The molecule has 0 unspecified atom stereocenters. The molecule has 1 saturated heterocycles. The second kappa shape index (κ2) is 9.54. The predicted molar refractivity (Wildman–Crippen MR) is 119 cm³/mol. The van der Waals surface area contributed by atoms with Crippen LogP contribution in [0.5, 0.6) is 5.88 Å². The largest absolute Gasteiger partial charge is 0.477 e. The molecule has 27 heavy (non-hydrogen) atoms. The molecule has 1 saturated carbocycles. The highest BCUT2D eigenvalue weighted by molar-refractivity contribution is 14.0. The van der Waals surface area contributed by atoms with Gasteiger partial charge in [0, 0.05) is 50.0 Å². The topological polar surface area (TPSA) is 79.9 Å². The number of halogens is 1. The summed E-state index contributed by atoms with van der Waals surface area (Å²) in [5.41, 5.74) is 7.27. The number of ether oxygens (including phenoxy) is 1. The van der Waals surface area contributed by atoms with Crippen LogP contribution in [0.3, 0.4) is 0 Å². The highest BCUT2D eigenvalue weighted by Crippen LogP contribution is 2.29. The fraction of sp³-hybridized carbons (Fsp3) is 0.500. The zero-order valence-corrected chi connectivity index (χ0v) is 18.3. The van der Waals surface area contributed by atoms with Crippen LogP contribution in [0.15, 0.2) is 34.9 Å². The van der Waals surface area contributed by atoms with Gasteiger partial charge in [0.15, 0.2) is 11.1 Å². The Bertz CT molecular complexity index is 744. The van der Waals surface area contributed by atoms with Crippen molar-refractivity contribution in [2.24, 2.45) is 16.6 Å².